The average molecular weight is 529 g/mol. The van der Waals surface area contributed by atoms with E-state index >= 15 is 4.39 Å². The molecule has 6 rings (SSSR count). The van der Waals surface area contributed by atoms with Crippen LogP contribution in [0.1, 0.15) is 38.6 Å². The zero-order valence-corrected chi connectivity index (χ0v) is 22.3. The molecule has 0 amide bonds. The minimum atomic E-state index is -0.376. The Morgan fingerprint density at radius 1 is 1.10 bits per heavy atom. The first-order valence-corrected chi connectivity index (χ1v) is 13.5. The van der Waals surface area contributed by atoms with Gasteiger partial charge in [0.15, 0.2) is 0 Å². The normalized spacial score (nSPS) is 18.6. The summed E-state index contributed by atoms with van der Waals surface area (Å²) in [6, 6.07) is 17.2. The highest BCUT2D eigenvalue weighted by Gasteiger charge is 2.39. The van der Waals surface area contributed by atoms with Crippen LogP contribution in [0, 0.1) is 5.95 Å². The fraction of sp³-hybridized carbons (Fsp3) is 0.367. The summed E-state index contributed by atoms with van der Waals surface area (Å²) in [5.41, 5.74) is 7.87. The fourth-order valence-electron chi connectivity index (χ4n) is 5.80. The largest absolute Gasteiger partial charge is 0.457 e. The molecule has 0 radical (unpaired) electrons. The van der Waals surface area contributed by atoms with Crippen molar-refractivity contribution in [3.63, 3.8) is 0 Å². The van der Waals surface area contributed by atoms with Gasteiger partial charge in [0.25, 0.3) is 0 Å². The van der Waals surface area contributed by atoms with E-state index in [-0.39, 0.29) is 29.8 Å². The zero-order chi connectivity index (χ0) is 27.1. The molecule has 0 bridgehead atoms. The Balaban J connectivity index is 1.32. The lowest BCUT2D eigenvalue weighted by atomic mass is 10.1. The number of carbonyl (C=O) groups excluding carboxylic acids is 1. The first-order valence-electron chi connectivity index (χ1n) is 13.5. The molecule has 1 aliphatic heterocycles. The van der Waals surface area contributed by atoms with E-state index < -0.39 is 0 Å². The molecule has 202 valence electrons. The van der Waals surface area contributed by atoms with E-state index in [1.54, 1.807) is 11.5 Å². The van der Waals surface area contributed by atoms with Gasteiger partial charge in [-0.3, -0.25) is 19.2 Å². The third kappa shape index (κ3) is 4.99. The van der Waals surface area contributed by atoms with Crippen LogP contribution < -0.4 is 10.5 Å². The van der Waals surface area contributed by atoms with Gasteiger partial charge >= 0.3 is 0 Å². The lowest BCUT2D eigenvalue weighted by Crippen LogP contribution is -2.47. The molecule has 9 heteroatoms. The van der Waals surface area contributed by atoms with Crippen LogP contribution in [-0.2, 0) is 4.79 Å². The average Bonchev–Trinajstić information content (AvgIpc) is 3.60. The van der Waals surface area contributed by atoms with Crippen LogP contribution in [0.5, 0.6) is 11.5 Å². The van der Waals surface area contributed by atoms with Gasteiger partial charge in [-0.05, 0) is 63.1 Å². The fourth-order valence-corrected chi connectivity index (χ4v) is 5.80. The monoisotopic (exact) mass is 528 g/mol. The molecule has 1 saturated heterocycles. The number of fused-ring (bicyclic) bond motifs is 1. The second-order valence-electron chi connectivity index (χ2n) is 10.7. The molecule has 1 unspecified atom stereocenters. The van der Waals surface area contributed by atoms with Crippen molar-refractivity contribution in [1.82, 2.24) is 24.3 Å². The van der Waals surface area contributed by atoms with Crippen molar-refractivity contribution in [2.75, 3.05) is 25.9 Å². The Morgan fingerprint density at radius 2 is 1.82 bits per heavy atom. The lowest BCUT2D eigenvalue weighted by Gasteiger charge is -2.35. The first kappa shape index (κ1) is 25.5. The van der Waals surface area contributed by atoms with Crippen LogP contribution in [0.15, 0.2) is 60.9 Å². The summed E-state index contributed by atoms with van der Waals surface area (Å²) in [6.07, 6.45) is 4.94. The predicted molar refractivity (Wildman–Crippen MR) is 149 cm³/mol. The number of aromatic nitrogens is 3. The van der Waals surface area contributed by atoms with Crippen molar-refractivity contribution < 1.29 is 13.9 Å². The molecule has 2 aromatic carbocycles. The number of anilines is 1. The van der Waals surface area contributed by atoms with E-state index in [4.69, 9.17) is 10.5 Å². The van der Waals surface area contributed by atoms with Gasteiger partial charge < -0.3 is 10.5 Å². The highest BCUT2D eigenvalue weighted by Crippen LogP contribution is 2.40. The number of nitrogens with zero attached hydrogens (tertiary/aromatic N) is 5. The topological polar surface area (TPSA) is 89.5 Å². The van der Waals surface area contributed by atoms with Gasteiger partial charge in [0.1, 0.15) is 35.1 Å². The highest BCUT2D eigenvalue weighted by molar-refractivity contribution is 6.01. The van der Waals surface area contributed by atoms with E-state index in [0.717, 1.165) is 31.6 Å². The number of carbonyl (C=O) groups is 1. The maximum absolute atomic E-state index is 16.4. The number of ketones is 1. The maximum atomic E-state index is 16.4. The van der Waals surface area contributed by atoms with Gasteiger partial charge in [0.2, 0.25) is 5.95 Å². The van der Waals surface area contributed by atoms with Crippen LogP contribution in [0.25, 0.3) is 22.2 Å². The molecule has 2 fully saturated rings. The lowest BCUT2D eigenvalue weighted by molar-refractivity contribution is -0.119. The van der Waals surface area contributed by atoms with Crippen LogP contribution >= 0.6 is 0 Å². The molecule has 2 atom stereocenters. The van der Waals surface area contributed by atoms with Crippen molar-refractivity contribution in [1.29, 1.82) is 0 Å². The summed E-state index contributed by atoms with van der Waals surface area (Å²) in [5, 5.41) is 0.514. The smallest absolute Gasteiger partial charge is 0.204 e. The van der Waals surface area contributed by atoms with E-state index in [1.165, 1.54) is 6.33 Å². The van der Waals surface area contributed by atoms with Gasteiger partial charge in [-0.1, -0.05) is 30.3 Å². The molecular formula is C30H33FN6O2. The SMILES string of the molecule is CC(=O)C[C@H](N1CCC(n2c(F)c(-c3ccc(Oc4ccccc4)cc3)c3c(N)ncnc32)C1)N(C)C1CC1. The van der Waals surface area contributed by atoms with Crippen LogP contribution in [0.4, 0.5) is 10.2 Å². The van der Waals surface area contributed by atoms with E-state index in [1.807, 2.05) is 54.6 Å². The molecule has 1 aliphatic carbocycles. The molecule has 4 aromatic rings. The predicted octanol–water partition coefficient (Wildman–Crippen LogP) is 5.26. The van der Waals surface area contributed by atoms with E-state index in [0.29, 0.717) is 46.9 Å². The van der Waals surface area contributed by atoms with Crippen molar-refractivity contribution in [3.8, 4) is 22.6 Å². The van der Waals surface area contributed by atoms with Gasteiger partial charge in [0.05, 0.1) is 17.6 Å². The number of hydrogen-bond acceptors (Lipinski definition) is 7. The molecule has 8 nitrogen and oxygen atoms in total. The third-order valence-corrected chi connectivity index (χ3v) is 7.92. The molecule has 1 saturated carbocycles. The van der Waals surface area contributed by atoms with Crippen molar-refractivity contribution in [2.24, 2.45) is 0 Å². The molecule has 2 aliphatic rings. The zero-order valence-electron chi connectivity index (χ0n) is 22.3. The third-order valence-electron chi connectivity index (χ3n) is 7.92. The Kier molecular flexibility index (Phi) is 6.78. The number of Topliss-reactive ketones (excluding diaryl/α,β-unsaturated/α-hetero) is 1. The molecule has 2 N–H and O–H groups in total. The summed E-state index contributed by atoms with van der Waals surface area (Å²) >= 11 is 0. The van der Waals surface area contributed by atoms with Crippen molar-refractivity contribution >= 4 is 22.6 Å². The molecule has 3 heterocycles. The second kappa shape index (κ2) is 10.4. The second-order valence-corrected chi connectivity index (χ2v) is 10.7. The van der Waals surface area contributed by atoms with Gasteiger partial charge in [0, 0.05) is 31.1 Å². The Morgan fingerprint density at radius 3 is 2.51 bits per heavy atom. The quantitative estimate of drug-likeness (QED) is 0.317. The number of nitrogens with two attached hydrogens (primary N) is 1. The van der Waals surface area contributed by atoms with Crippen LogP contribution in [0.2, 0.25) is 0 Å². The van der Waals surface area contributed by atoms with E-state index in [9.17, 15) is 4.79 Å². The van der Waals surface area contributed by atoms with Gasteiger partial charge in [-0.2, -0.15) is 4.39 Å². The molecular weight excluding hydrogens is 495 g/mol. The van der Waals surface area contributed by atoms with Crippen LogP contribution in [0.3, 0.4) is 0 Å². The summed E-state index contributed by atoms with van der Waals surface area (Å²) in [5.74, 6) is 1.42. The number of likely N-dealkylation sites (tertiary alicyclic amines) is 1. The number of nitrogen functional groups attached to an aromatic ring is 1. The number of ether oxygens (including phenoxy) is 1. The van der Waals surface area contributed by atoms with Gasteiger partial charge in [-0.25, -0.2) is 9.97 Å². The first-order chi connectivity index (χ1) is 18.9. The van der Waals surface area contributed by atoms with Crippen molar-refractivity contribution in [2.45, 2.75) is 50.9 Å². The standard InChI is InChI=1S/C30H33FN6O2/c1-19(38)16-25(35(2)21-10-11-21)36-15-14-22(17-36)37-28(31)26(27-29(32)33-18-34-30(27)37)20-8-12-24(13-9-20)39-23-6-4-3-5-7-23/h3-9,12-13,18,21-22,25H,10-11,14-17H2,1-2H3,(H2,32,33,34)/t22?,25-/m0/s1. The number of hydrogen-bond donors (Lipinski definition) is 1. The van der Waals surface area contributed by atoms with Crippen LogP contribution in [-0.4, -0.2) is 62.5 Å². The summed E-state index contributed by atoms with van der Waals surface area (Å²) < 4.78 is 24.0. The Hall–Kier alpha value is -3.82. The number of para-hydroxylation sites is 1. The molecule has 39 heavy (non-hydrogen) atoms. The highest BCUT2D eigenvalue weighted by atomic mass is 19.1. The summed E-state index contributed by atoms with van der Waals surface area (Å²) in [4.78, 5) is 25.4. The van der Waals surface area contributed by atoms with Crippen molar-refractivity contribution in [3.05, 3.63) is 66.9 Å². The van der Waals surface area contributed by atoms with Gasteiger partial charge in [-0.15, -0.1) is 0 Å². The molecule has 0 spiro atoms. The summed E-state index contributed by atoms with van der Waals surface area (Å²) in [7, 11) is 2.10. The maximum Gasteiger partial charge on any atom is 0.204 e. The Labute approximate surface area is 227 Å². The Bertz CT molecular complexity index is 1490. The number of benzene rings is 2. The van der Waals surface area contributed by atoms with E-state index in [2.05, 4.69) is 26.8 Å². The number of halogens is 1. The molecule has 2 aromatic heterocycles. The minimum absolute atomic E-state index is 0.0150. The number of rotatable bonds is 9. The summed E-state index contributed by atoms with van der Waals surface area (Å²) in [6.45, 7) is 3.05. The minimum Gasteiger partial charge on any atom is -0.457 e.